The lowest BCUT2D eigenvalue weighted by Crippen LogP contribution is -2.55. The van der Waals surface area contributed by atoms with Gasteiger partial charge in [0.05, 0.1) is 17.9 Å². The number of hydrogen-bond acceptors (Lipinski definition) is 7. The van der Waals surface area contributed by atoms with Gasteiger partial charge in [-0.15, -0.1) is 13.2 Å². The van der Waals surface area contributed by atoms with Gasteiger partial charge in [0, 0.05) is 30.4 Å². The molecular weight excluding hydrogens is 437 g/mol. The van der Waals surface area contributed by atoms with Crippen molar-refractivity contribution in [1.82, 2.24) is 20.7 Å². The molecule has 3 unspecified atom stereocenters. The van der Waals surface area contributed by atoms with E-state index in [-0.39, 0.29) is 29.7 Å². The third-order valence-electron chi connectivity index (χ3n) is 6.91. The summed E-state index contributed by atoms with van der Waals surface area (Å²) in [5, 5.41) is 18.1. The van der Waals surface area contributed by atoms with Crippen molar-refractivity contribution in [1.29, 1.82) is 5.26 Å². The van der Waals surface area contributed by atoms with Gasteiger partial charge in [0.25, 0.3) is 0 Å². The smallest absolute Gasteiger partial charge is 0.406 e. The molecule has 3 aliphatic rings. The fourth-order valence-electron chi connectivity index (χ4n) is 5.31. The molecular formula is C22H29F3N6O2. The summed E-state index contributed by atoms with van der Waals surface area (Å²) in [7, 11) is 4.06. The lowest BCUT2D eigenvalue weighted by Gasteiger charge is -2.42. The molecule has 0 aromatic heterocycles. The number of nitrogens with one attached hydrogen (secondary N) is 3. The second-order valence-electron chi connectivity index (χ2n) is 9.14. The van der Waals surface area contributed by atoms with Crippen LogP contribution in [0.5, 0.6) is 5.75 Å². The summed E-state index contributed by atoms with van der Waals surface area (Å²) in [5.74, 6) is -0.944. The Morgan fingerprint density at radius 2 is 1.91 bits per heavy atom. The van der Waals surface area contributed by atoms with E-state index in [0.717, 1.165) is 25.7 Å². The van der Waals surface area contributed by atoms with E-state index in [1.54, 1.807) is 0 Å². The molecule has 2 heterocycles. The summed E-state index contributed by atoms with van der Waals surface area (Å²) < 4.78 is 41.2. The molecule has 11 heteroatoms. The lowest BCUT2D eigenvalue weighted by molar-refractivity contribution is -0.274. The molecule has 0 radical (unpaired) electrons. The molecule has 8 nitrogen and oxygen atoms in total. The highest BCUT2D eigenvalue weighted by Crippen LogP contribution is 2.37. The standard InChI is InChI=1S/C22H29F3N6O2/c1-30(2)15-5-8-17(13(11-15)12-26)31-18-9-10-27-21(32)19(18)20(29-31)28-14-3-6-16(7-4-14)33-22(23,24)25/h3-4,6-7,13,15,17-20,28-29H,5,8-11H2,1-2H3,(H,27,32)/t13-,15-,17+,18?,19?,20?/m1/s1. The van der Waals surface area contributed by atoms with Crippen LogP contribution in [-0.2, 0) is 4.79 Å². The molecule has 1 aromatic carbocycles. The first-order valence-electron chi connectivity index (χ1n) is 11.2. The number of ether oxygens (including phenoxy) is 1. The van der Waals surface area contributed by atoms with Gasteiger partial charge in [-0.05, 0) is 64.0 Å². The Morgan fingerprint density at radius 1 is 1.18 bits per heavy atom. The summed E-state index contributed by atoms with van der Waals surface area (Å²) in [6.07, 6.45) is -1.86. The number of nitriles is 1. The van der Waals surface area contributed by atoms with E-state index < -0.39 is 18.4 Å². The normalized spacial score (nSPS) is 32.7. The van der Waals surface area contributed by atoms with Crippen molar-refractivity contribution < 1.29 is 22.7 Å². The summed E-state index contributed by atoms with van der Waals surface area (Å²) in [6, 6.07) is 8.18. The average molecular weight is 467 g/mol. The summed E-state index contributed by atoms with van der Waals surface area (Å²) in [4.78, 5) is 14.9. The number of amides is 1. The van der Waals surface area contributed by atoms with Gasteiger partial charge in [0.1, 0.15) is 11.9 Å². The minimum atomic E-state index is -4.75. The molecule has 1 amide bonds. The van der Waals surface area contributed by atoms with Crippen LogP contribution in [0.25, 0.3) is 0 Å². The summed E-state index contributed by atoms with van der Waals surface area (Å²) >= 11 is 0. The molecule has 2 saturated heterocycles. The first kappa shape index (κ1) is 23.6. The molecule has 180 valence electrons. The van der Waals surface area contributed by atoms with Crippen LogP contribution < -0.4 is 20.8 Å². The van der Waals surface area contributed by atoms with E-state index in [1.165, 1.54) is 24.3 Å². The van der Waals surface area contributed by atoms with Crippen molar-refractivity contribution in [2.24, 2.45) is 11.8 Å². The third-order valence-corrected chi connectivity index (χ3v) is 6.91. The van der Waals surface area contributed by atoms with E-state index in [9.17, 15) is 23.2 Å². The maximum absolute atomic E-state index is 12.8. The zero-order valence-corrected chi connectivity index (χ0v) is 18.6. The third kappa shape index (κ3) is 5.18. The van der Waals surface area contributed by atoms with E-state index in [1.807, 2.05) is 14.1 Å². The molecule has 1 saturated carbocycles. The first-order valence-corrected chi connectivity index (χ1v) is 11.2. The van der Waals surface area contributed by atoms with Crippen molar-refractivity contribution in [3.05, 3.63) is 24.3 Å². The molecule has 2 aliphatic heterocycles. The van der Waals surface area contributed by atoms with Crippen molar-refractivity contribution in [3.8, 4) is 11.8 Å². The van der Waals surface area contributed by atoms with Gasteiger partial charge >= 0.3 is 6.36 Å². The molecule has 3 N–H and O–H groups in total. The predicted octanol–water partition coefficient (Wildman–Crippen LogP) is 2.27. The SMILES string of the molecule is CN(C)[C@@H]1CC[C@H](N2NC(Nc3ccc(OC(F)(F)F)cc3)C3C(=O)NCCC32)[C@@H](C#N)C1. The number of rotatable bonds is 5. The number of anilines is 1. The molecule has 6 atom stereocenters. The van der Waals surface area contributed by atoms with Crippen molar-refractivity contribution in [2.75, 3.05) is 26.0 Å². The van der Waals surface area contributed by atoms with E-state index in [0.29, 0.717) is 18.3 Å². The fraction of sp³-hybridized carbons (Fsp3) is 0.636. The minimum Gasteiger partial charge on any atom is -0.406 e. The topological polar surface area (TPSA) is 92.7 Å². The van der Waals surface area contributed by atoms with Gasteiger partial charge in [-0.1, -0.05) is 0 Å². The van der Waals surface area contributed by atoms with Crippen molar-refractivity contribution in [2.45, 2.75) is 56.3 Å². The monoisotopic (exact) mass is 466 g/mol. The van der Waals surface area contributed by atoms with Crippen LogP contribution in [0.3, 0.4) is 0 Å². The number of hydrazine groups is 1. The van der Waals surface area contributed by atoms with Crippen LogP contribution in [0.1, 0.15) is 25.7 Å². The Balaban J connectivity index is 1.50. The van der Waals surface area contributed by atoms with Crippen LogP contribution in [0.4, 0.5) is 18.9 Å². The highest BCUT2D eigenvalue weighted by atomic mass is 19.4. The lowest BCUT2D eigenvalue weighted by atomic mass is 9.80. The van der Waals surface area contributed by atoms with Gasteiger partial charge in [0.2, 0.25) is 5.91 Å². The zero-order valence-electron chi connectivity index (χ0n) is 18.6. The van der Waals surface area contributed by atoms with Crippen LogP contribution in [-0.4, -0.2) is 67.1 Å². The van der Waals surface area contributed by atoms with E-state index in [4.69, 9.17) is 0 Å². The number of benzene rings is 1. The maximum atomic E-state index is 12.8. The molecule has 3 fully saturated rings. The zero-order chi connectivity index (χ0) is 23.8. The Morgan fingerprint density at radius 3 is 2.55 bits per heavy atom. The Bertz CT molecular complexity index is 888. The quantitative estimate of drug-likeness (QED) is 0.613. The van der Waals surface area contributed by atoms with Crippen molar-refractivity contribution >= 4 is 11.6 Å². The number of halogens is 3. The van der Waals surface area contributed by atoms with Gasteiger partial charge in [0.15, 0.2) is 0 Å². The second kappa shape index (κ2) is 9.37. The van der Waals surface area contributed by atoms with Crippen molar-refractivity contribution in [3.63, 3.8) is 0 Å². The number of nitrogens with zero attached hydrogens (tertiary/aromatic N) is 3. The molecule has 33 heavy (non-hydrogen) atoms. The molecule has 0 bridgehead atoms. The minimum absolute atomic E-state index is 0.0149. The number of alkyl halides is 3. The fourth-order valence-corrected chi connectivity index (χ4v) is 5.31. The highest BCUT2D eigenvalue weighted by molar-refractivity contribution is 5.82. The van der Waals surface area contributed by atoms with E-state index in [2.05, 4.69) is 36.8 Å². The van der Waals surface area contributed by atoms with Gasteiger partial charge in [-0.2, -0.15) is 5.26 Å². The Kier molecular flexibility index (Phi) is 6.70. The maximum Gasteiger partial charge on any atom is 0.573 e. The number of carbonyl (C=O) groups excluding carboxylic acids is 1. The molecule has 0 spiro atoms. The molecule has 1 aliphatic carbocycles. The highest BCUT2D eigenvalue weighted by Gasteiger charge is 2.51. The van der Waals surface area contributed by atoms with Crippen LogP contribution >= 0.6 is 0 Å². The second-order valence-corrected chi connectivity index (χ2v) is 9.14. The van der Waals surface area contributed by atoms with Crippen LogP contribution in [0.2, 0.25) is 0 Å². The predicted molar refractivity (Wildman–Crippen MR) is 115 cm³/mol. The van der Waals surface area contributed by atoms with Crippen LogP contribution in [0.15, 0.2) is 24.3 Å². The number of piperidine rings is 1. The average Bonchev–Trinajstić information content (AvgIpc) is 3.13. The van der Waals surface area contributed by atoms with E-state index >= 15 is 0 Å². The largest absolute Gasteiger partial charge is 0.573 e. The Labute approximate surface area is 191 Å². The molecule has 1 aromatic rings. The van der Waals surface area contributed by atoms with Gasteiger partial charge in [-0.25, -0.2) is 10.4 Å². The number of hydrogen-bond donors (Lipinski definition) is 3. The number of carbonyl (C=O) groups is 1. The summed E-state index contributed by atoms with van der Waals surface area (Å²) in [5.41, 5.74) is 3.99. The van der Waals surface area contributed by atoms with Gasteiger partial charge < -0.3 is 20.3 Å². The Hall–Kier alpha value is -2.55. The van der Waals surface area contributed by atoms with Crippen LogP contribution in [0, 0.1) is 23.2 Å². The number of fused-ring (bicyclic) bond motifs is 1. The summed E-state index contributed by atoms with van der Waals surface area (Å²) in [6.45, 7) is 0.568. The van der Waals surface area contributed by atoms with Gasteiger partial charge in [-0.3, -0.25) is 4.79 Å². The first-order chi connectivity index (χ1) is 15.7. The molecule has 4 rings (SSSR count).